The summed E-state index contributed by atoms with van der Waals surface area (Å²) in [5.41, 5.74) is 3.70. The fourth-order valence-electron chi connectivity index (χ4n) is 1.99. The van der Waals surface area contributed by atoms with Gasteiger partial charge in [0.15, 0.2) is 0 Å². The molecule has 0 aliphatic heterocycles. The van der Waals surface area contributed by atoms with E-state index in [2.05, 4.69) is 51.5 Å². The number of hydrogen-bond acceptors (Lipinski definition) is 2. The zero-order valence-corrected chi connectivity index (χ0v) is 11.9. The summed E-state index contributed by atoms with van der Waals surface area (Å²) >= 11 is 3.43. The van der Waals surface area contributed by atoms with Crippen LogP contribution in [-0.4, -0.2) is 15.8 Å². The van der Waals surface area contributed by atoms with Crippen LogP contribution >= 0.6 is 15.9 Å². The maximum atomic E-state index is 4.34. The summed E-state index contributed by atoms with van der Waals surface area (Å²) < 4.78 is 2.92. The second-order valence-corrected chi connectivity index (χ2v) is 5.79. The lowest BCUT2D eigenvalue weighted by Crippen LogP contribution is -2.15. The highest BCUT2D eigenvalue weighted by atomic mass is 79.9. The van der Waals surface area contributed by atoms with E-state index in [0.29, 0.717) is 0 Å². The quantitative estimate of drug-likeness (QED) is 0.940. The van der Waals surface area contributed by atoms with Crippen LogP contribution in [0.3, 0.4) is 0 Å². The summed E-state index contributed by atoms with van der Waals surface area (Å²) in [6, 6.07) is 7.31. The Morgan fingerprint density at radius 2 is 2.28 bits per heavy atom. The molecule has 0 bridgehead atoms. The molecular formula is C14H16BrN3. The number of aryl methyl sites for hydroxylation is 1. The number of benzene rings is 1. The highest BCUT2D eigenvalue weighted by molar-refractivity contribution is 9.10. The van der Waals surface area contributed by atoms with Gasteiger partial charge in [-0.25, -0.2) is 4.68 Å². The van der Waals surface area contributed by atoms with Crippen LogP contribution < -0.4 is 5.32 Å². The van der Waals surface area contributed by atoms with Gasteiger partial charge in [-0.3, -0.25) is 0 Å². The molecule has 3 rings (SSSR count). The van der Waals surface area contributed by atoms with Crippen molar-refractivity contribution in [2.24, 2.45) is 0 Å². The summed E-state index contributed by atoms with van der Waals surface area (Å²) in [5.74, 6) is 0. The van der Waals surface area contributed by atoms with Crippen molar-refractivity contribution in [3.8, 4) is 5.69 Å². The van der Waals surface area contributed by atoms with Gasteiger partial charge in [0.1, 0.15) is 0 Å². The molecule has 0 radical (unpaired) electrons. The van der Waals surface area contributed by atoms with Crippen LogP contribution in [0.4, 0.5) is 0 Å². The molecular weight excluding hydrogens is 290 g/mol. The van der Waals surface area contributed by atoms with Gasteiger partial charge in [-0.05, 0) is 52.9 Å². The number of halogens is 1. The van der Waals surface area contributed by atoms with E-state index in [0.717, 1.165) is 22.7 Å². The number of nitrogens with zero attached hydrogens (tertiary/aromatic N) is 2. The van der Waals surface area contributed by atoms with Gasteiger partial charge in [0.25, 0.3) is 0 Å². The SMILES string of the molecule is Cc1ccc(CNC2CC2)cc1-n1cc(Br)cn1. The zero-order chi connectivity index (χ0) is 12.5. The molecule has 1 heterocycles. The maximum Gasteiger partial charge on any atom is 0.0678 e. The first-order valence-corrected chi connectivity index (χ1v) is 7.05. The van der Waals surface area contributed by atoms with Crippen LogP contribution in [0.5, 0.6) is 0 Å². The van der Waals surface area contributed by atoms with E-state index < -0.39 is 0 Å². The Morgan fingerprint density at radius 3 is 2.94 bits per heavy atom. The second-order valence-electron chi connectivity index (χ2n) is 4.88. The van der Waals surface area contributed by atoms with E-state index in [1.807, 2.05) is 17.1 Å². The average Bonchev–Trinajstić information content (AvgIpc) is 3.10. The molecule has 0 saturated heterocycles. The number of hydrogen-bond donors (Lipinski definition) is 1. The van der Waals surface area contributed by atoms with Crippen molar-refractivity contribution < 1.29 is 0 Å². The maximum absolute atomic E-state index is 4.34. The molecule has 1 aliphatic rings. The standard InChI is InChI=1S/C14H16BrN3/c1-10-2-3-11(7-16-13-4-5-13)6-14(10)18-9-12(15)8-17-18/h2-3,6,8-9,13,16H,4-5,7H2,1H3. The Hall–Kier alpha value is -1.13. The van der Waals surface area contributed by atoms with Crippen molar-refractivity contribution in [2.45, 2.75) is 32.4 Å². The molecule has 0 amide bonds. The first-order chi connectivity index (χ1) is 8.72. The summed E-state index contributed by atoms with van der Waals surface area (Å²) in [4.78, 5) is 0. The highest BCUT2D eigenvalue weighted by Gasteiger charge is 2.20. The zero-order valence-electron chi connectivity index (χ0n) is 10.4. The molecule has 1 fully saturated rings. The van der Waals surface area contributed by atoms with Crippen molar-refractivity contribution in [3.63, 3.8) is 0 Å². The molecule has 4 heteroatoms. The largest absolute Gasteiger partial charge is 0.310 e. The Labute approximate surface area is 115 Å². The van der Waals surface area contributed by atoms with E-state index in [1.54, 1.807) is 0 Å². The minimum Gasteiger partial charge on any atom is -0.310 e. The van der Waals surface area contributed by atoms with Gasteiger partial charge in [0.2, 0.25) is 0 Å². The monoisotopic (exact) mass is 305 g/mol. The van der Waals surface area contributed by atoms with Crippen LogP contribution in [0.25, 0.3) is 5.69 Å². The van der Waals surface area contributed by atoms with Crippen LogP contribution in [-0.2, 0) is 6.54 Å². The van der Waals surface area contributed by atoms with E-state index in [4.69, 9.17) is 0 Å². The fraction of sp³-hybridized carbons (Fsp3) is 0.357. The summed E-state index contributed by atoms with van der Waals surface area (Å²) in [7, 11) is 0. The summed E-state index contributed by atoms with van der Waals surface area (Å²) in [6.45, 7) is 3.06. The highest BCUT2D eigenvalue weighted by Crippen LogP contribution is 2.21. The molecule has 1 saturated carbocycles. The Kier molecular flexibility index (Phi) is 3.22. The van der Waals surface area contributed by atoms with E-state index in [-0.39, 0.29) is 0 Å². The molecule has 0 atom stereocenters. The van der Waals surface area contributed by atoms with E-state index in [9.17, 15) is 0 Å². The molecule has 1 N–H and O–H groups in total. The number of nitrogens with one attached hydrogen (secondary N) is 1. The topological polar surface area (TPSA) is 29.9 Å². The minimum absolute atomic E-state index is 0.744. The van der Waals surface area contributed by atoms with Crippen LogP contribution in [0.15, 0.2) is 35.1 Å². The van der Waals surface area contributed by atoms with Gasteiger partial charge in [-0.2, -0.15) is 5.10 Å². The molecule has 3 nitrogen and oxygen atoms in total. The van der Waals surface area contributed by atoms with Crippen LogP contribution in [0.2, 0.25) is 0 Å². The van der Waals surface area contributed by atoms with Gasteiger partial charge in [0, 0.05) is 18.8 Å². The van der Waals surface area contributed by atoms with Crippen LogP contribution in [0.1, 0.15) is 24.0 Å². The number of aromatic nitrogens is 2. The summed E-state index contributed by atoms with van der Waals surface area (Å²) in [6.07, 6.45) is 6.45. The van der Waals surface area contributed by atoms with Crippen molar-refractivity contribution in [2.75, 3.05) is 0 Å². The van der Waals surface area contributed by atoms with E-state index in [1.165, 1.54) is 24.0 Å². The minimum atomic E-state index is 0.744. The van der Waals surface area contributed by atoms with Gasteiger partial charge in [-0.1, -0.05) is 12.1 Å². The Balaban J connectivity index is 1.85. The van der Waals surface area contributed by atoms with Crippen molar-refractivity contribution in [1.29, 1.82) is 0 Å². The van der Waals surface area contributed by atoms with Crippen molar-refractivity contribution in [1.82, 2.24) is 15.1 Å². The lowest BCUT2D eigenvalue weighted by Gasteiger charge is -2.09. The van der Waals surface area contributed by atoms with E-state index >= 15 is 0 Å². The predicted molar refractivity (Wildman–Crippen MR) is 75.9 cm³/mol. The molecule has 1 aliphatic carbocycles. The second kappa shape index (κ2) is 4.86. The lowest BCUT2D eigenvalue weighted by molar-refractivity contribution is 0.686. The van der Waals surface area contributed by atoms with Crippen LogP contribution in [0, 0.1) is 6.92 Å². The van der Waals surface area contributed by atoms with Crippen molar-refractivity contribution in [3.05, 3.63) is 46.2 Å². The molecule has 1 aromatic heterocycles. The molecule has 0 unspecified atom stereocenters. The third-order valence-corrected chi connectivity index (χ3v) is 3.65. The van der Waals surface area contributed by atoms with Gasteiger partial charge in [-0.15, -0.1) is 0 Å². The predicted octanol–water partition coefficient (Wildman–Crippen LogP) is 3.20. The number of rotatable bonds is 4. The van der Waals surface area contributed by atoms with Gasteiger partial charge < -0.3 is 5.32 Å². The normalized spacial score (nSPS) is 15.0. The van der Waals surface area contributed by atoms with Crippen molar-refractivity contribution >= 4 is 15.9 Å². The first-order valence-electron chi connectivity index (χ1n) is 6.26. The lowest BCUT2D eigenvalue weighted by atomic mass is 10.1. The Morgan fingerprint density at radius 1 is 1.44 bits per heavy atom. The molecule has 94 valence electrons. The third kappa shape index (κ3) is 2.65. The average molecular weight is 306 g/mol. The smallest absolute Gasteiger partial charge is 0.0678 e. The molecule has 18 heavy (non-hydrogen) atoms. The first kappa shape index (κ1) is 11.9. The fourth-order valence-corrected chi connectivity index (χ4v) is 2.28. The molecule has 1 aromatic carbocycles. The molecule has 2 aromatic rings. The molecule has 0 spiro atoms. The van der Waals surface area contributed by atoms with Gasteiger partial charge in [0.05, 0.1) is 16.4 Å². The third-order valence-electron chi connectivity index (χ3n) is 3.24. The Bertz CT molecular complexity index is 558. The summed E-state index contributed by atoms with van der Waals surface area (Å²) in [5, 5.41) is 7.88. The van der Waals surface area contributed by atoms with Gasteiger partial charge >= 0.3 is 0 Å².